The molecule has 0 aliphatic rings. The molecule has 2 N–H and O–H groups in total. The molecule has 0 fully saturated rings. The van der Waals surface area contributed by atoms with Gasteiger partial charge in [-0.3, -0.25) is 4.79 Å². The Labute approximate surface area is 149 Å². The average Bonchev–Trinajstić information content (AvgIpc) is 2.37. The van der Waals surface area contributed by atoms with Gasteiger partial charge in [0, 0.05) is 0 Å². The third-order valence-corrected chi connectivity index (χ3v) is 4.45. The van der Waals surface area contributed by atoms with Crippen LogP contribution in [-0.2, 0) is 11.2 Å². The van der Waals surface area contributed by atoms with Gasteiger partial charge in [-0.1, -0.05) is 6.07 Å². The zero-order valence-corrected chi connectivity index (χ0v) is 15.4. The molecule has 0 heterocycles. The van der Waals surface area contributed by atoms with Gasteiger partial charge in [0.2, 0.25) is 0 Å². The second-order valence-corrected chi connectivity index (χ2v) is 6.83. The van der Waals surface area contributed by atoms with Gasteiger partial charge in [0.1, 0.15) is 17.2 Å². The van der Waals surface area contributed by atoms with Crippen LogP contribution in [0.5, 0.6) is 17.2 Å². The molecule has 2 aromatic carbocycles. The van der Waals surface area contributed by atoms with Crippen LogP contribution < -0.4 is 4.74 Å². The van der Waals surface area contributed by atoms with Crippen LogP contribution in [0.1, 0.15) is 11.1 Å². The molecule has 0 spiro atoms. The number of aryl methyl sites for hydroxylation is 1. The van der Waals surface area contributed by atoms with E-state index in [9.17, 15) is 9.90 Å². The molecular weight excluding hydrogens is 498 g/mol. The summed E-state index contributed by atoms with van der Waals surface area (Å²) in [5.41, 5.74) is 1.62. The molecule has 2 aromatic rings. The Morgan fingerprint density at radius 1 is 1.19 bits per heavy atom. The molecular formula is C15H12I2O4. The number of halogens is 2. The van der Waals surface area contributed by atoms with Gasteiger partial charge in [0.25, 0.3) is 0 Å². The summed E-state index contributed by atoms with van der Waals surface area (Å²) in [6.45, 7) is 1.88. The van der Waals surface area contributed by atoms with Crippen molar-refractivity contribution in [1.29, 1.82) is 0 Å². The number of hydrogen-bond acceptors (Lipinski definition) is 3. The van der Waals surface area contributed by atoms with Crippen LogP contribution in [0.15, 0.2) is 30.3 Å². The number of carboxylic acid groups (broad SMARTS) is 1. The Bertz CT molecular complexity index is 675. The molecule has 0 aliphatic heterocycles. The van der Waals surface area contributed by atoms with Crippen LogP contribution in [-0.4, -0.2) is 16.2 Å². The second kappa shape index (κ2) is 6.82. The second-order valence-electron chi connectivity index (χ2n) is 4.51. The maximum Gasteiger partial charge on any atom is 0.307 e. The van der Waals surface area contributed by atoms with Crippen LogP contribution >= 0.6 is 45.2 Å². The number of carboxylic acids is 1. The van der Waals surface area contributed by atoms with E-state index in [2.05, 4.69) is 22.6 Å². The highest BCUT2D eigenvalue weighted by Crippen LogP contribution is 2.33. The summed E-state index contributed by atoms with van der Waals surface area (Å²) in [5.74, 6) is 0.688. The number of phenols is 1. The quantitative estimate of drug-likeness (QED) is 0.602. The topological polar surface area (TPSA) is 66.8 Å². The lowest BCUT2D eigenvalue weighted by Gasteiger charge is -2.13. The first-order valence-electron chi connectivity index (χ1n) is 6.04. The third kappa shape index (κ3) is 4.22. The minimum absolute atomic E-state index is 0.00572. The number of benzene rings is 2. The number of aromatic hydroxyl groups is 1. The van der Waals surface area contributed by atoms with Gasteiger partial charge in [-0.25, -0.2) is 0 Å². The van der Waals surface area contributed by atoms with Crippen molar-refractivity contribution in [1.82, 2.24) is 0 Å². The van der Waals surface area contributed by atoms with Gasteiger partial charge in [-0.15, -0.1) is 0 Å². The Balaban J connectivity index is 2.31. The number of carbonyl (C=O) groups is 1. The number of phenolic OH excluding ortho intramolecular Hbond substituents is 1. The first-order valence-corrected chi connectivity index (χ1v) is 8.19. The minimum Gasteiger partial charge on any atom is -0.507 e. The molecule has 0 saturated carbocycles. The van der Waals surface area contributed by atoms with Crippen molar-refractivity contribution in [2.75, 3.05) is 0 Å². The lowest BCUT2D eigenvalue weighted by Crippen LogP contribution is -2.02. The van der Waals surface area contributed by atoms with Crippen molar-refractivity contribution < 1.29 is 19.7 Å². The van der Waals surface area contributed by atoms with Crippen molar-refractivity contribution in [3.8, 4) is 17.2 Å². The highest BCUT2D eigenvalue weighted by molar-refractivity contribution is 14.1. The smallest absolute Gasteiger partial charge is 0.307 e. The SMILES string of the molecule is Cc1cc(CC(=O)O)cc(I)c1Oc1ccc(O)c(I)c1. The summed E-state index contributed by atoms with van der Waals surface area (Å²) >= 11 is 4.16. The van der Waals surface area contributed by atoms with E-state index in [1.54, 1.807) is 18.2 Å². The predicted octanol–water partition coefficient (Wildman–Crippen LogP) is 4.33. The molecule has 0 atom stereocenters. The van der Waals surface area contributed by atoms with E-state index >= 15 is 0 Å². The summed E-state index contributed by atoms with van der Waals surface area (Å²) in [6.07, 6.45) is -0.00572. The van der Waals surface area contributed by atoms with E-state index in [0.29, 0.717) is 15.1 Å². The van der Waals surface area contributed by atoms with Crippen molar-refractivity contribution >= 4 is 51.2 Å². The van der Waals surface area contributed by atoms with Crippen molar-refractivity contribution in [2.45, 2.75) is 13.3 Å². The zero-order chi connectivity index (χ0) is 15.6. The van der Waals surface area contributed by atoms with Crippen LogP contribution in [0, 0.1) is 14.1 Å². The van der Waals surface area contributed by atoms with E-state index in [4.69, 9.17) is 9.84 Å². The monoisotopic (exact) mass is 510 g/mol. The fourth-order valence-corrected chi connectivity index (χ4v) is 3.30. The molecule has 0 unspecified atom stereocenters. The molecule has 0 radical (unpaired) electrons. The predicted molar refractivity (Wildman–Crippen MR) is 96.1 cm³/mol. The third-order valence-electron chi connectivity index (χ3n) is 2.78. The average molecular weight is 510 g/mol. The fourth-order valence-electron chi connectivity index (χ4n) is 1.88. The van der Waals surface area contributed by atoms with Crippen LogP contribution in [0.2, 0.25) is 0 Å². The molecule has 0 aromatic heterocycles. The maximum absolute atomic E-state index is 10.8. The Morgan fingerprint density at radius 2 is 1.90 bits per heavy atom. The molecule has 0 aliphatic carbocycles. The lowest BCUT2D eigenvalue weighted by molar-refractivity contribution is -0.136. The normalized spacial score (nSPS) is 10.4. The zero-order valence-electron chi connectivity index (χ0n) is 11.1. The number of aliphatic carboxylic acids is 1. The van der Waals surface area contributed by atoms with Gasteiger partial charge in [0.05, 0.1) is 13.6 Å². The number of hydrogen-bond donors (Lipinski definition) is 2. The van der Waals surface area contributed by atoms with E-state index in [1.165, 1.54) is 0 Å². The summed E-state index contributed by atoms with van der Waals surface area (Å²) in [6, 6.07) is 8.65. The van der Waals surface area contributed by atoms with Crippen molar-refractivity contribution in [3.05, 3.63) is 48.6 Å². The van der Waals surface area contributed by atoms with Gasteiger partial charge in [-0.2, -0.15) is 0 Å². The van der Waals surface area contributed by atoms with E-state index in [0.717, 1.165) is 14.7 Å². The Morgan fingerprint density at radius 3 is 2.48 bits per heavy atom. The number of rotatable bonds is 4. The first kappa shape index (κ1) is 16.3. The highest BCUT2D eigenvalue weighted by Gasteiger charge is 2.11. The van der Waals surface area contributed by atoms with Gasteiger partial charge in [-0.05, 0) is 87.5 Å². The van der Waals surface area contributed by atoms with E-state index in [-0.39, 0.29) is 12.2 Å². The lowest BCUT2D eigenvalue weighted by atomic mass is 10.1. The summed E-state index contributed by atoms with van der Waals surface area (Å²) in [7, 11) is 0. The maximum atomic E-state index is 10.8. The van der Waals surface area contributed by atoms with Crippen LogP contribution in [0.4, 0.5) is 0 Å². The molecule has 2 rings (SSSR count). The van der Waals surface area contributed by atoms with Gasteiger partial charge < -0.3 is 14.9 Å². The highest BCUT2D eigenvalue weighted by atomic mass is 127. The Hall–Kier alpha value is -1.03. The molecule has 110 valence electrons. The summed E-state index contributed by atoms with van der Waals surface area (Å²) in [4.78, 5) is 10.8. The van der Waals surface area contributed by atoms with Crippen molar-refractivity contribution in [3.63, 3.8) is 0 Å². The molecule has 4 nitrogen and oxygen atoms in total. The van der Waals surface area contributed by atoms with Crippen LogP contribution in [0.25, 0.3) is 0 Å². The molecule has 0 amide bonds. The number of ether oxygens (including phenoxy) is 1. The summed E-state index contributed by atoms with van der Waals surface area (Å²) in [5, 5.41) is 18.4. The largest absolute Gasteiger partial charge is 0.507 e. The van der Waals surface area contributed by atoms with Crippen molar-refractivity contribution in [2.24, 2.45) is 0 Å². The molecule has 0 saturated heterocycles. The minimum atomic E-state index is -0.855. The standard InChI is InChI=1S/C15H12I2O4/c1-8-4-9(6-14(19)20)5-12(17)15(8)21-10-2-3-13(18)11(16)7-10/h2-5,7,18H,6H2,1H3,(H,19,20). The van der Waals surface area contributed by atoms with Crippen LogP contribution in [0.3, 0.4) is 0 Å². The van der Waals surface area contributed by atoms with Gasteiger partial charge in [0.15, 0.2) is 0 Å². The molecule has 0 bridgehead atoms. The van der Waals surface area contributed by atoms with E-state index < -0.39 is 5.97 Å². The molecule has 6 heteroatoms. The fraction of sp³-hybridized carbons (Fsp3) is 0.133. The Kier molecular flexibility index (Phi) is 5.31. The summed E-state index contributed by atoms with van der Waals surface area (Å²) < 4.78 is 7.43. The van der Waals surface area contributed by atoms with Gasteiger partial charge >= 0.3 is 5.97 Å². The van der Waals surface area contributed by atoms with E-state index in [1.807, 2.05) is 41.6 Å². The first-order chi connectivity index (χ1) is 9.86. The molecule has 21 heavy (non-hydrogen) atoms.